The van der Waals surface area contributed by atoms with Gasteiger partial charge in [0.05, 0.1) is 42.1 Å². The highest BCUT2D eigenvalue weighted by Crippen LogP contribution is 2.48. The van der Waals surface area contributed by atoms with Gasteiger partial charge in [-0.15, -0.1) is 0 Å². The molecule has 0 aromatic heterocycles. The van der Waals surface area contributed by atoms with Crippen LogP contribution in [0.15, 0.2) is 53.5 Å². The fourth-order valence-electron chi connectivity index (χ4n) is 5.89. The van der Waals surface area contributed by atoms with Gasteiger partial charge in [0.15, 0.2) is 0 Å². The summed E-state index contributed by atoms with van der Waals surface area (Å²) < 4.78 is 86.8. The van der Waals surface area contributed by atoms with Crippen molar-refractivity contribution < 1.29 is 40.7 Å². The van der Waals surface area contributed by atoms with Gasteiger partial charge >= 0.3 is 12.4 Å². The first kappa shape index (κ1) is 31.5. The maximum Gasteiger partial charge on any atom is 0.416 e. The van der Waals surface area contributed by atoms with E-state index < -0.39 is 40.5 Å². The highest BCUT2D eigenvalue weighted by atomic mass is 19.4. The highest BCUT2D eigenvalue weighted by Gasteiger charge is 2.50. The quantitative estimate of drug-likeness (QED) is 0.338. The second-order valence-electron chi connectivity index (χ2n) is 11.0. The van der Waals surface area contributed by atoms with Gasteiger partial charge in [0.2, 0.25) is 11.8 Å². The van der Waals surface area contributed by atoms with Crippen molar-refractivity contribution in [1.82, 2.24) is 10.2 Å². The van der Waals surface area contributed by atoms with Crippen molar-refractivity contribution >= 4 is 18.2 Å². The third-order valence-electron chi connectivity index (χ3n) is 8.28. The van der Waals surface area contributed by atoms with Gasteiger partial charge in [-0.1, -0.05) is 30.3 Å². The van der Waals surface area contributed by atoms with E-state index in [1.165, 1.54) is 13.3 Å². The summed E-state index contributed by atoms with van der Waals surface area (Å²) in [6.07, 6.45) is -7.72. The molecule has 2 aromatic rings. The van der Waals surface area contributed by atoms with Gasteiger partial charge in [-0.3, -0.25) is 19.5 Å². The fourth-order valence-corrected chi connectivity index (χ4v) is 5.89. The van der Waals surface area contributed by atoms with Gasteiger partial charge in [0.1, 0.15) is 6.54 Å². The number of hydrogen-bond acceptors (Lipinski definition) is 4. The van der Waals surface area contributed by atoms with Gasteiger partial charge in [-0.2, -0.15) is 26.3 Å². The zero-order chi connectivity index (χ0) is 30.8. The Balaban J connectivity index is 1.62. The molecule has 12 heteroatoms. The van der Waals surface area contributed by atoms with E-state index >= 15 is 0 Å². The summed E-state index contributed by atoms with van der Waals surface area (Å²) in [5, 5.41) is 2.79. The Labute approximate surface area is 240 Å². The van der Waals surface area contributed by atoms with Crippen LogP contribution in [0.5, 0.6) is 0 Å². The Hall–Kier alpha value is -3.41. The standard InChI is InChI=1S/C30H33F6N3O3/c1-3-38-25(40)16-28(39-19-37-17-26(39)41)11-9-27(10-12-28,22-7-5-4-6-8-22)18-42-20(2)21-13-23(29(31,32)33)15-24(14-21)30(34,35)36/h4-8,13-15,19-20H,3,9-12,16-18H2,1-2H3,(H,38,40)/t20-,27?,28?/m1/s1. The topological polar surface area (TPSA) is 71.0 Å². The second-order valence-corrected chi connectivity index (χ2v) is 11.0. The molecule has 1 saturated carbocycles. The van der Waals surface area contributed by atoms with E-state index in [0.717, 1.165) is 5.56 Å². The summed E-state index contributed by atoms with van der Waals surface area (Å²) in [4.78, 5) is 31.0. The number of nitrogens with one attached hydrogen (secondary N) is 1. The van der Waals surface area contributed by atoms with Gasteiger partial charge in [0, 0.05) is 12.0 Å². The molecule has 1 heterocycles. The van der Waals surface area contributed by atoms with Crippen LogP contribution in [-0.4, -0.2) is 48.3 Å². The van der Waals surface area contributed by atoms with E-state index in [9.17, 15) is 35.9 Å². The van der Waals surface area contributed by atoms with Crippen LogP contribution in [0.4, 0.5) is 26.3 Å². The molecule has 6 nitrogen and oxygen atoms in total. The Morgan fingerprint density at radius 3 is 2.10 bits per heavy atom. The van der Waals surface area contributed by atoms with E-state index in [1.807, 2.05) is 30.3 Å². The van der Waals surface area contributed by atoms with Crippen molar-refractivity contribution in [3.63, 3.8) is 0 Å². The molecule has 2 aromatic carbocycles. The smallest absolute Gasteiger partial charge is 0.373 e. The Bertz CT molecular complexity index is 1270. The number of ether oxygens (including phenoxy) is 1. The van der Waals surface area contributed by atoms with Crippen LogP contribution in [-0.2, 0) is 32.1 Å². The lowest BCUT2D eigenvalue weighted by Crippen LogP contribution is -2.56. The van der Waals surface area contributed by atoms with Gasteiger partial charge in [-0.05, 0) is 68.9 Å². The van der Waals surface area contributed by atoms with Crippen molar-refractivity contribution in [3.8, 4) is 0 Å². The van der Waals surface area contributed by atoms with E-state index in [4.69, 9.17) is 4.74 Å². The Morgan fingerprint density at radius 2 is 1.60 bits per heavy atom. The van der Waals surface area contributed by atoms with Crippen LogP contribution in [0.3, 0.4) is 0 Å². The molecule has 0 unspecified atom stereocenters. The molecule has 228 valence electrons. The molecule has 0 radical (unpaired) electrons. The largest absolute Gasteiger partial charge is 0.416 e. The van der Waals surface area contributed by atoms with Crippen molar-refractivity contribution in [3.05, 3.63) is 70.8 Å². The predicted octanol–water partition coefficient (Wildman–Crippen LogP) is 6.45. The predicted molar refractivity (Wildman–Crippen MR) is 144 cm³/mol. The third-order valence-corrected chi connectivity index (χ3v) is 8.28. The number of hydrogen-bond donors (Lipinski definition) is 1. The first-order valence-corrected chi connectivity index (χ1v) is 13.7. The van der Waals surface area contributed by atoms with Crippen molar-refractivity contribution in [2.45, 2.75) is 75.4 Å². The van der Waals surface area contributed by atoms with E-state index in [-0.39, 0.29) is 43.0 Å². The van der Waals surface area contributed by atoms with Crippen molar-refractivity contribution in [2.75, 3.05) is 19.7 Å². The molecule has 4 rings (SSSR count). The molecule has 1 atom stereocenters. The fraction of sp³-hybridized carbons (Fsp3) is 0.500. The molecule has 1 fully saturated rings. The van der Waals surface area contributed by atoms with Crippen LogP contribution in [0.1, 0.15) is 74.3 Å². The number of nitrogens with zero attached hydrogens (tertiary/aromatic N) is 2. The molecule has 1 N–H and O–H groups in total. The molecule has 0 spiro atoms. The first-order chi connectivity index (χ1) is 19.7. The molecular weight excluding hydrogens is 564 g/mol. The zero-order valence-corrected chi connectivity index (χ0v) is 23.3. The summed E-state index contributed by atoms with van der Waals surface area (Å²) in [6, 6.07) is 10.8. The summed E-state index contributed by atoms with van der Waals surface area (Å²) in [5.74, 6) is -0.408. The molecule has 0 bridgehead atoms. The summed E-state index contributed by atoms with van der Waals surface area (Å²) in [5.41, 5.74) is -3.61. The second kappa shape index (κ2) is 12.1. The maximum atomic E-state index is 13.5. The van der Waals surface area contributed by atoms with E-state index in [0.29, 0.717) is 44.4 Å². The number of amides is 2. The van der Waals surface area contributed by atoms with Gasteiger partial charge in [0.25, 0.3) is 0 Å². The van der Waals surface area contributed by atoms with Crippen LogP contribution < -0.4 is 5.32 Å². The van der Waals surface area contributed by atoms with E-state index in [1.54, 1.807) is 11.8 Å². The average Bonchev–Trinajstić information content (AvgIpc) is 3.38. The van der Waals surface area contributed by atoms with Gasteiger partial charge in [-0.25, -0.2) is 0 Å². The number of aliphatic imine (C=N–C) groups is 1. The highest BCUT2D eigenvalue weighted by molar-refractivity contribution is 5.95. The van der Waals surface area contributed by atoms with Gasteiger partial charge < -0.3 is 10.1 Å². The Kier molecular flexibility index (Phi) is 9.05. The summed E-state index contributed by atoms with van der Waals surface area (Å²) >= 11 is 0. The third kappa shape index (κ3) is 6.79. The molecule has 0 saturated heterocycles. The lowest BCUT2D eigenvalue weighted by Gasteiger charge is -2.49. The number of alkyl halides is 6. The zero-order valence-electron chi connectivity index (χ0n) is 23.3. The van der Waals surface area contributed by atoms with Crippen LogP contribution in [0, 0.1) is 0 Å². The maximum absolute atomic E-state index is 13.5. The average molecular weight is 598 g/mol. The number of benzene rings is 2. The molecule has 1 aliphatic heterocycles. The van der Waals surface area contributed by atoms with E-state index in [2.05, 4.69) is 10.3 Å². The number of carbonyl (C=O) groups is 2. The minimum atomic E-state index is -4.96. The van der Waals surface area contributed by atoms with Crippen molar-refractivity contribution in [1.29, 1.82) is 0 Å². The minimum absolute atomic E-state index is 0.00148. The number of carbonyl (C=O) groups excluding carboxylic acids is 2. The number of halogens is 6. The van der Waals surface area contributed by atoms with Crippen LogP contribution in [0.2, 0.25) is 0 Å². The lowest BCUT2D eigenvalue weighted by molar-refractivity contribution is -0.143. The SMILES string of the molecule is CCNC(=O)CC1(N2C=NCC2=O)CCC(CO[C@H](C)c2cc(C(F)(F)F)cc(C(F)(F)F)c2)(c2ccccc2)CC1. The molecule has 2 amide bonds. The normalized spacial score (nSPS) is 23.7. The van der Waals surface area contributed by atoms with Crippen molar-refractivity contribution in [2.24, 2.45) is 4.99 Å². The molecule has 1 aliphatic carbocycles. The molecule has 2 aliphatic rings. The molecular formula is C30H33F6N3O3. The van der Waals surface area contributed by atoms with Crippen LogP contribution >= 0.6 is 0 Å². The van der Waals surface area contributed by atoms with Crippen LogP contribution in [0.25, 0.3) is 0 Å². The lowest BCUT2D eigenvalue weighted by atomic mass is 9.63. The monoisotopic (exact) mass is 597 g/mol. The molecule has 42 heavy (non-hydrogen) atoms. The Morgan fingerprint density at radius 1 is 1.00 bits per heavy atom. The summed E-state index contributed by atoms with van der Waals surface area (Å²) in [6.45, 7) is 3.67. The first-order valence-electron chi connectivity index (χ1n) is 13.7. The summed E-state index contributed by atoms with van der Waals surface area (Å²) in [7, 11) is 0. The minimum Gasteiger partial charge on any atom is -0.373 e. The number of rotatable bonds is 9.